The van der Waals surface area contributed by atoms with Gasteiger partial charge in [-0.05, 0) is 18.6 Å². The van der Waals surface area contributed by atoms with Gasteiger partial charge in [0.1, 0.15) is 5.69 Å². The third kappa shape index (κ3) is 2.83. The van der Waals surface area contributed by atoms with Gasteiger partial charge in [0.15, 0.2) is 0 Å². The molecule has 0 amide bonds. The average Bonchev–Trinajstić information content (AvgIpc) is 2.77. The number of carbonyl (C=O) groups is 1. The summed E-state index contributed by atoms with van der Waals surface area (Å²) >= 11 is 6.06. The number of aryl methyl sites for hydroxylation is 1. The number of pyridine rings is 1. The molecule has 100 valence electrons. The first-order valence-corrected chi connectivity index (χ1v) is 6.18. The normalized spacial score (nSPS) is 10.7. The van der Waals surface area contributed by atoms with Gasteiger partial charge in [-0.3, -0.25) is 14.5 Å². The van der Waals surface area contributed by atoms with Gasteiger partial charge in [0.05, 0.1) is 24.4 Å². The lowest BCUT2D eigenvalue weighted by Gasteiger charge is -2.08. The van der Waals surface area contributed by atoms with E-state index in [9.17, 15) is 4.79 Å². The lowest BCUT2D eigenvalue weighted by Crippen LogP contribution is -2.15. The molecule has 0 atom stereocenters. The third-order valence-corrected chi connectivity index (χ3v) is 3.06. The van der Waals surface area contributed by atoms with Crippen molar-refractivity contribution in [2.75, 3.05) is 13.7 Å². The van der Waals surface area contributed by atoms with E-state index >= 15 is 0 Å². The minimum Gasteiger partial charge on any atom is -0.383 e. The van der Waals surface area contributed by atoms with Crippen LogP contribution in [0.3, 0.4) is 0 Å². The summed E-state index contributed by atoms with van der Waals surface area (Å²) in [6.07, 6.45) is 4.71. The quantitative estimate of drug-likeness (QED) is 0.787. The second kappa shape index (κ2) is 5.95. The molecule has 2 aromatic heterocycles. The van der Waals surface area contributed by atoms with Gasteiger partial charge in [0, 0.05) is 25.1 Å². The summed E-state index contributed by atoms with van der Waals surface area (Å²) in [4.78, 5) is 16.5. The van der Waals surface area contributed by atoms with Crippen molar-refractivity contribution < 1.29 is 9.53 Å². The molecular weight excluding hydrogens is 266 g/mol. The molecule has 0 unspecified atom stereocenters. The Morgan fingerprint density at radius 1 is 1.47 bits per heavy atom. The second-order valence-corrected chi connectivity index (χ2v) is 4.48. The fourth-order valence-corrected chi connectivity index (χ4v) is 2.02. The van der Waals surface area contributed by atoms with Crippen LogP contribution in [0.5, 0.6) is 0 Å². The number of rotatable bonds is 5. The monoisotopic (exact) mass is 279 g/mol. The minimum atomic E-state index is -0.154. The number of aromatic nitrogens is 3. The summed E-state index contributed by atoms with van der Waals surface area (Å²) in [5.74, 6) is -0.154. The minimum absolute atomic E-state index is 0.154. The van der Waals surface area contributed by atoms with Crippen LogP contribution in [0, 0.1) is 6.92 Å². The van der Waals surface area contributed by atoms with Crippen molar-refractivity contribution in [1.82, 2.24) is 14.8 Å². The molecule has 2 rings (SSSR count). The van der Waals surface area contributed by atoms with Gasteiger partial charge in [-0.2, -0.15) is 5.10 Å². The van der Waals surface area contributed by atoms with E-state index in [0.29, 0.717) is 29.4 Å². The Morgan fingerprint density at radius 3 is 2.95 bits per heavy atom. The van der Waals surface area contributed by atoms with Crippen LogP contribution < -0.4 is 0 Å². The molecule has 0 bridgehead atoms. The Labute approximate surface area is 116 Å². The fourth-order valence-electron chi connectivity index (χ4n) is 1.79. The standard InChI is InChI=1S/C13H14ClN3O2/c1-9-7-15-4-3-10(9)13(18)12-11(14)8-16-17(12)5-6-19-2/h3-4,7-8H,5-6H2,1-2H3. The highest BCUT2D eigenvalue weighted by Crippen LogP contribution is 2.20. The van der Waals surface area contributed by atoms with Gasteiger partial charge >= 0.3 is 0 Å². The first-order valence-electron chi connectivity index (χ1n) is 5.80. The summed E-state index contributed by atoms with van der Waals surface area (Å²) < 4.78 is 6.56. The Hall–Kier alpha value is -1.72. The zero-order valence-corrected chi connectivity index (χ0v) is 11.5. The zero-order valence-electron chi connectivity index (χ0n) is 10.8. The van der Waals surface area contributed by atoms with E-state index in [2.05, 4.69) is 10.1 Å². The number of methoxy groups -OCH3 is 1. The van der Waals surface area contributed by atoms with Gasteiger partial charge in [0.2, 0.25) is 5.78 Å². The molecule has 0 fully saturated rings. The predicted molar refractivity (Wildman–Crippen MR) is 71.5 cm³/mol. The fraction of sp³-hybridized carbons (Fsp3) is 0.308. The number of nitrogens with zero attached hydrogens (tertiary/aromatic N) is 3. The Kier molecular flexibility index (Phi) is 4.29. The van der Waals surface area contributed by atoms with E-state index in [4.69, 9.17) is 16.3 Å². The summed E-state index contributed by atoms with van der Waals surface area (Å²) in [5, 5.41) is 4.44. The van der Waals surface area contributed by atoms with Crippen molar-refractivity contribution in [1.29, 1.82) is 0 Å². The van der Waals surface area contributed by atoms with Crippen LogP contribution in [0.2, 0.25) is 5.02 Å². The van der Waals surface area contributed by atoms with Crippen molar-refractivity contribution in [2.45, 2.75) is 13.5 Å². The molecule has 19 heavy (non-hydrogen) atoms. The smallest absolute Gasteiger partial charge is 0.212 e. The van der Waals surface area contributed by atoms with E-state index < -0.39 is 0 Å². The van der Waals surface area contributed by atoms with Gasteiger partial charge in [-0.15, -0.1) is 0 Å². The van der Waals surface area contributed by atoms with E-state index in [1.807, 2.05) is 6.92 Å². The maximum Gasteiger partial charge on any atom is 0.212 e. The molecule has 5 nitrogen and oxygen atoms in total. The molecule has 0 aliphatic carbocycles. The molecule has 0 aliphatic heterocycles. The number of carbonyl (C=O) groups excluding carboxylic acids is 1. The molecule has 2 aromatic rings. The largest absolute Gasteiger partial charge is 0.383 e. The van der Waals surface area contributed by atoms with Crippen molar-refractivity contribution in [3.63, 3.8) is 0 Å². The average molecular weight is 280 g/mol. The topological polar surface area (TPSA) is 57.0 Å². The van der Waals surface area contributed by atoms with Crippen LogP contribution in [0.4, 0.5) is 0 Å². The molecule has 0 aromatic carbocycles. The van der Waals surface area contributed by atoms with Crippen molar-refractivity contribution in [3.8, 4) is 0 Å². The molecule has 0 aliphatic rings. The van der Waals surface area contributed by atoms with Gasteiger partial charge in [-0.1, -0.05) is 11.6 Å². The van der Waals surface area contributed by atoms with Crippen LogP contribution in [0.1, 0.15) is 21.6 Å². The molecule has 6 heteroatoms. The van der Waals surface area contributed by atoms with E-state index in [-0.39, 0.29) is 5.78 Å². The first kappa shape index (κ1) is 13.7. The summed E-state index contributed by atoms with van der Waals surface area (Å²) in [5.41, 5.74) is 1.77. The summed E-state index contributed by atoms with van der Waals surface area (Å²) in [6, 6.07) is 1.68. The number of halogens is 1. The number of ketones is 1. The predicted octanol–water partition coefficient (Wildman–Crippen LogP) is 2.12. The third-order valence-electron chi connectivity index (χ3n) is 2.78. The van der Waals surface area contributed by atoms with Crippen LogP contribution >= 0.6 is 11.6 Å². The molecule has 0 spiro atoms. The highest BCUT2D eigenvalue weighted by Gasteiger charge is 2.20. The zero-order chi connectivity index (χ0) is 13.8. The van der Waals surface area contributed by atoms with E-state index in [0.717, 1.165) is 5.56 Å². The molecule has 0 saturated carbocycles. The highest BCUT2D eigenvalue weighted by atomic mass is 35.5. The number of hydrogen-bond donors (Lipinski definition) is 0. The molecular formula is C13H14ClN3O2. The summed E-state index contributed by atoms with van der Waals surface area (Å²) in [6.45, 7) is 2.78. The van der Waals surface area contributed by atoms with Crippen LogP contribution in [-0.4, -0.2) is 34.3 Å². The first-order chi connectivity index (χ1) is 9.15. The van der Waals surface area contributed by atoms with Gasteiger partial charge in [-0.25, -0.2) is 0 Å². The van der Waals surface area contributed by atoms with E-state index in [1.165, 1.54) is 6.20 Å². The Balaban J connectivity index is 2.39. The molecule has 0 saturated heterocycles. The lowest BCUT2D eigenvalue weighted by molar-refractivity contribution is 0.102. The van der Waals surface area contributed by atoms with Crippen LogP contribution in [-0.2, 0) is 11.3 Å². The molecule has 0 radical (unpaired) electrons. The van der Waals surface area contributed by atoms with Gasteiger partial charge in [0.25, 0.3) is 0 Å². The Morgan fingerprint density at radius 2 is 2.26 bits per heavy atom. The van der Waals surface area contributed by atoms with Crippen LogP contribution in [0.25, 0.3) is 0 Å². The van der Waals surface area contributed by atoms with Crippen LogP contribution in [0.15, 0.2) is 24.7 Å². The van der Waals surface area contributed by atoms with Crippen molar-refractivity contribution >= 4 is 17.4 Å². The van der Waals surface area contributed by atoms with Crippen molar-refractivity contribution in [2.24, 2.45) is 0 Å². The number of ether oxygens (including phenoxy) is 1. The van der Waals surface area contributed by atoms with E-state index in [1.54, 1.807) is 30.3 Å². The second-order valence-electron chi connectivity index (χ2n) is 4.08. The summed E-state index contributed by atoms with van der Waals surface area (Å²) in [7, 11) is 1.60. The SMILES string of the molecule is COCCn1ncc(Cl)c1C(=O)c1ccncc1C. The molecule has 2 heterocycles. The maximum atomic E-state index is 12.5. The highest BCUT2D eigenvalue weighted by molar-refractivity contribution is 6.34. The van der Waals surface area contributed by atoms with Gasteiger partial charge < -0.3 is 4.74 Å². The maximum absolute atomic E-state index is 12.5. The lowest BCUT2D eigenvalue weighted by atomic mass is 10.1. The number of hydrogen-bond acceptors (Lipinski definition) is 4. The van der Waals surface area contributed by atoms with Crippen molar-refractivity contribution in [3.05, 3.63) is 46.5 Å². The Bertz CT molecular complexity index is 595. The molecule has 0 N–H and O–H groups in total.